The maximum Gasteiger partial charge on any atom is 0.234 e. The highest BCUT2D eigenvalue weighted by molar-refractivity contribution is 9.10. The molecule has 2 N–H and O–H groups in total. The first-order chi connectivity index (χ1) is 13.9. The van der Waals surface area contributed by atoms with Crippen molar-refractivity contribution in [3.05, 3.63) is 64.6 Å². The summed E-state index contributed by atoms with van der Waals surface area (Å²) in [6.07, 6.45) is 0.00647. The summed E-state index contributed by atoms with van der Waals surface area (Å²) in [6, 6.07) is 12.8. The van der Waals surface area contributed by atoms with Gasteiger partial charge in [0, 0.05) is 22.9 Å². The van der Waals surface area contributed by atoms with Gasteiger partial charge in [0.2, 0.25) is 11.8 Å². The van der Waals surface area contributed by atoms with Crippen molar-refractivity contribution in [1.29, 1.82) is 0 Å². The summed E-state index contributed by atoms with van der Waals surface area (Å²) in [4.78, 5) is 24.3. The van der Waals surface area contributed by atoms with Crippen molar-refractivity contribution in [3.63, 3.8) is 0 Å². The van der Waals surface area contributed by atoms with Crippen molar-refractivity contribution < 1.29 is 14.0 Å². The minimum Gasteiger partial charge on any atom is -0.326 e. The molecule has 1 aromatic heterocycles. The quantitative estimate of drug-likeness (QED) is 0.507. The summed E-state index contributed by atoms with van der Waals surface area (Å²) in [5.41, 5.74) is 1.20. The SMILES string of the molecule is Cn1c(CC(=O)Nc2ccc(F)cc2)nnc1SCC(=O)Nc1ccc(Br)cc1. The summed E-state index contributed by atoms with van der Waals surface area (Å²) >= 11 is 4.57. The molecule has 1 heterocycles. The maximum absolute atomic E-state index is 12.9. The van der Waals surface area contributed by atoms with Gasteiger partial charge in [0.15, 0.2) is 5.16 Å². The molecule has 0 fully saturated rings. The van der Waals surface area contributed by atoms with Crippen molar-refractivity contribution >= 4 is 50.9 Å². The van der Waals surface area contributed by atoms with Crippen molar-refractivity contribution in [2.75, 3.05) is 16.4 Å². The number of nitrogens with one attached hydrogen (secondary N) is 2. The molecule has 0 unspecified atom stereocenters. The largest absolute Gasteiger partial charge is 0.326 e. The van der Waals surface area contributed by atoms with Gasteiger partial charge in [-0.1, -0.05) is 27.7 Å². The van der Waals surface area contributed by atoms with Crippen LogP contribution in [0.25, 0.3) is 0 Å². The topological polar surface area (TPSA) is 88.9 Å². The molecule has 0 bridgehead atoms. The van der Waals surface area contributed by atoms with Crippen molar-refractivity contribution in [2.24, 2.45) is 7.05 Å². The summed E-state index contributed by atoms with van der Waals surface area (Å²) in [5, 5.41) is 14.1. The lowest BCUT2D eigenvalue weighted by molar-refractivity contribution is -0.116. The fraction of sp³-hybridized carbons (Fsp3) is 0.158. The highest BCUT2D eigenvalue weighted by atomic mass is 79.9. The predicted molar refractivity (Wildman–Crippen MR) is 113 cm³/mol. The highest BCUT2D eigenvalue weighted by Gasteiger charge is 2.14. The van der Waals surface area contributed by atoms with Gasteiger partial charge >= 0.3 is 0 Å². The average Bonchev–Trinajstić information content (AvgIpc) is 3.03. The van der Waals surface area contributed by atoms with Gasteiger partial charge in [0.25, 0.3) is 0 Å². The van der Waals surface area contributed by atoms with Gasteiger partial charge in [-0.05, 0) is 48.5 Å². The number of hydrogen-bond acceptors (Lipinski definition) is 5. The number of benzene rings is 2. The molecule has 2 aromatic carbocycles. The van der Waals surface area contributed by atoms with E-state index in [0.717, 1.165) is 4.47 Å². The fourth-order valence-corrected chi connectivity index (χ4v) is 3.36. The van der Waals surface area contributed by atoms with Crippen LogP contribution in [0.4, 0.5) is 15.8 Å². The summed E-state index contributed by atoms with van der Waals surface area (Å²) < 4.78 is 15.5. The Labute approximate surface area is 179 Å². The Morgan fingerprint density at radius 1 is 1.00 bits per heavy atom. The molecule has 0 saturated heterocycles. The van der Waals surface area contributed by atoms with Crippen LogP contribution < -0.4 is 10.6 Å². The van der Waals surface area contributed by atoms with Gasteiger partial charge in [0.1, 0.15) is 11.6 Å². The van der Waals surface area contributed by atoms with E-state index < -0.39 is 0 Å². The number of anilines is 2. The van der Waals surface area contributed by atoms with E-state index >= 15 is 0 Å². The van der Waals surface area contributed by atoms with E-state index in [2.05, 4.69) is 36.8 Å². The van der Waals surface area contributed by atoms with Gasteiger partial charge in [-0.2, -0.15) is 0 Å². The second-order valence-electron chi connectivity index (χ2n) is 6.03. The number of aromatic nitrogens is 3. The Bertz CT molecular complexity index is 1010. The molecule has 0 atom stereocenters. The molecule has 29 heavy (non-hydrogen) atoms. The number of nitrogens with zero attached hydrogens (tertiary/aromatic N) is 3. The maximum atomic E-state index is 12.9. The van der Waals surface area contributed by atoms with Gasteiger partial charge < -0.3 is 15.2 Å². The van der Waals surface area contributed by atoms with Crippen LogP contribution in [-0.4, -0.2) is 32.3 Å². The van der Waals surface area contributed by atoms with E-state index in [0.29, 0.717) is 22.4 Å². The zero-order chi connectivity index (χ0) is 20.8. The number of hydrogen-bond donors (Lipinski definition) is 2. The summed E-state index contributed by atoms with van der Waals surface area (Å²) in [6.45, 7) is 0. The van der Waals surface area contributed by atoms with Gasteiger partial charge in [0.05, 0.1) is 12.2 Å². The van der Waals surface area contributed by atoms with Crippen LogP contribution in [0.15, 0.2) is 58.2 Å². The number of thioether (sulfide) groups is 1. The molecule has 3 rings (SSSR count). The van der Waals surface area contributed by atoms with Crippen LogP contribution in [0.3, 0.4) is 0 Å². The fourth-order valence-electron chi connectivity index (χ4n) is 2.37. The molecular formula is C19H17BrFN5O2S. The van der Waals surface area contributed by atoms with Crippen molar-refractivity contribution in [2.45, 2.75) is 11.6 Å². The van der Waals surface area contributed by atoms with Crippen molar-refractivity contribution in [1.82, 2.24) is 14.8 Å². The summed E-state index contributed by atoms with van der Waals surface area (Å²) in [7, 11) is 1.73. The molecule has 0 aliphatic rings. The monoisotopic (exact) mass is 477 g/mol. The number of carbonyl (C=O) groups excluding carboxylic acids is 2. The lowest BCUT2D eigenvalue weighted by Crippen LogP contribution is -2.17. The first-order valence-electron chi connectivity index (χ1n) is 8.52. The molecule has 0 aliphatic carbocycles. The van der Waals surface area contributed by atoms with E-state index in [9.17, 15) is 14.0 Å². The third-order valence-electron chi connectivity index (χ3n) is 3.83. The Kier molecular flexibility index (Phi) is 6.99. The van der Waals surface area contributed by atoms with Crippen LogP contribution >= 0.6 is 27.7 Å². The second kappa shape index (κ2) is 9.66. The zero-order valence-electron chi connectivity index (χ0n) is 15.4. The third kappa shape index (κ3) is 6.13. The molecule has 2 amide bonds. The molecule has 7 nitrogen and oxygen atoms in total. The lowest BCUT2D eigenvalue weighted by atomic mass is 10.3. The van der Waals surface area contributed by atoms with Crippen LogP contribution in [0.5, 0.6) is 0 Å². The molecule has 0 spiro atoms. The van der Waals surface area contributed by atoms with Crippen LogP contribution in [0, 0.1) is 5.82 Å². The summed E-state index contributed by atoms with van der Waals surface area (Å²) in [5.74, 6) is -0.223. The minimum absolute atomic E-state index is 0.00647. The van der Waals surface area contributed by atoms with Crippen LogP contribution in [-0.2, 0) is 23.1 Å². The lowest BCUT2D eigenvalue weighted by Gasteiger charge is -2.06. The predicted octanol–water partition coefficient (Wildman–Crippen LogP) is 3.63. The zero-order valence-corrected chi connectivity index (χ0v) is 17.8. The third-order valence-corrected chi connectivity index (χ3v) is 5.38. The minimum atomic E-state index is -0.373. The highest BCUT2D eigenvalue weighted by Crippen LogP contribution is 2.18. The smallest absolute Gasteiger partial charge is 0.234 e. The molecule has 0 aliphatic heterocycles. The molecule has 10 heteroatoms. The second-order valence-corrected chi connectivity index (χ2v) is 7.89. The van der Waals surface area contributed by atoms with E-state index in [4.69, 9.17) is 0 Å². The normalized spacial score (nSPS) is 10.6. The van der Waals surface area contributed by atoms with E-state index in [-0.39, 0.29) is 29.8 Å². The molecule has 0 saturated carbocycles. The standard InChI is InChI=1S/C19H17BrFN5O2S/c1-26-16(10-17(27)22-15-8-4-13(21)5-9-15)24-25-19(26)29-11-18(28)23-14-6-2-12(20)3-7-14/h2-9H,10-11H2,1H3,(H,22,27)(H,23,28). The molecule has 0 radical (unpaired) electrons. The number of rotatable bonds is 7. The first kappa shape index (κ1) is 21.0. The molecule has 150 valence electrons. The van der Waals surface area contributed by atoms with E-state index in [1.54, 1.807) is 23.7 Å². The number of halogens is 2. The number of carbonyl (C=O) groups is 2. The van der Waals surface area contributed by atoms with Gasteiger partial charge in [-0.3, -0.25) is 9.59 Å². The molecule has 3 aromatic rings. The van der Waals surface area contributed by atoms with Gasteiger partial charge in [-0.25, -0.2) is 4.39 Å². The Hall–Kier alpha value is -2.72. The Morgan fingerprint density at radius 3 is 2.24 bits per heavy atom. The molecular weight excluding hydrogens is 461 g/mol. The van der Waals surface area contributed by atoms with Crippen LogP contribution in [0.1, 0.15) is 5.82 Å². The Balaban J connectivity index is 1.51. The van der Waals surface area contributed by atoms with E-state index in [1.807, 2.05) is 12.1 Å². The van der Waals surface area contributed by atoms with Crippen molar-refractivity contribution in [3.8, 4) is 0 Å². The average molecular weight is 478 g/mol. The van der Waals surface area contributed by atoms with Crippen LogP contribution in [0.2, 0.25) is 0 Å². The van der Waals surface area contributed by atoms with E-state index in [1.165, 1.54) is 36.0 Å². The Morgan fingerprint density at radius 2 is 1.59 bits per heavy atom. The number of amides is 2. The van der Waals surface area contributed by atoms with Gasteiger partial charge in [-0.15, -0.1) is 10.2 Å². The first-order valence-corrected chi connectivity index (χ1v) is 10.3.